The molecule has 2 N–H and O–H groups in total. The minimum absolute atomic E-state index is 0.0991. The highest BCUT2D eigenvalue weighted by Crippen LogP contribution is 2.26. The lowest BCUT2D eigenvalue weighted by Crippen LogP contribution is -2.29. The van der Waals surface area contributed by atoms with Gasteiger partial charge in [0.25, 0.3) is 0 Å². The molecule has 2 rings (SSSR count). The summed E-state index contributed by atoms with van der Waals surface area (Å²) in [5.74, 6) is 0.0991. The molecule has 0 aromatic heterocycles. The van der Waals surface area contributed by atoms with Crippen molar-refractivity contribution in [1.29, 1.82) is 0 Å². The number of hydrogen-bond donors (Lipinski definition) is 2. The average molecular weight is 234 g/mol. The van der Waals surface area contributed by atoms with Gasteiger partial charge >= 0.3 is 0 Å². The van der Waals surface area contributed by atoms with Crippen molar-refractivity contribution in [2.45, 2.75) is 19.4 Å². The van der Waals surface area contributed by atoms with Gasteiger partial charge in [0.1, 0.15) is 0 Å². The molecule has 1 aliphatic heterocycles. The van der Waals surface area contributed by atoms with Crippen molar-refractivity contribution in [3.63, 3.8) is 0 Å². The Bertz CT molecular complexity index is 404. The Balaban J connectivity index is 2.23. The summed E-state index contributed by atoms with van der Waals surface area (Å²) in [7, 11) is 0. The Labute approximate surface area is 101 Å². The van der Waals surface area contributed by atoms with Crippen LogP contribution in [0, 0.1) is 0 Å². The quantitative estimate of drug-likeness (QED) is 0.804. The molecule has 1 aromatic carbocycles. The SMILES string of the molecule is C[C@@H](O)c1ccccc1N1CCNC(=O)CC1. The third-order valence-electron chi connectivity index (χ3n) is 3.04. The number of benzene rings is 1. The molecule has 1 atom stereocenters. The fourth-order valence-electron chi connectivity index (χ4n) is 2.14. The summed E-state index contributed by atoms with van der Waals surface area (Å²) in [6.45, 7) is 3.91. The van der Waals surface area contributed by atoms with Gasteiger partial charge in [0.2, 0.25) is 5.91 Å². The lowest BCUT2D eigenvalue weighted by Gasteiger charge is -2.25. The van der Waals surface area contributed by atoms with Crippen LogP contribution in [0.25, 0.3) is 0 Å². The largest absolute Gasteiger partial charge is 0.389 e. The van der Waals surface area contributed by atoms with Crippen LogP contribution in [-0.2, 0) is 4.79 Å². The van der Waals surface area contributed by atoms with Crippen LogP contribution in [0.2, 0.25) is 0 Å². The second-order valence-electron chi connectivity index (χ2n) is 4.32. The highest BCUT2D eigenvalue weighted by Gasteiger charge is 2.17. The Hall–Kier alpha value is -1.55. The lowest BCUT2D eigenvalue weighted by atomic mass is 10.1. The van der Waals surface area contributed by atoms with E-state index in [1.54, 1.807) is 6.92 Å². The zero-order valence-electron chi connectivity index (χ0n) is 10.0. The van der Waals surface area contributed by atoms with E-state index in [0.717, 1.165) is 17.8 Å². The molecule has 92 valence electrons. The van der Waals surface area contributed by atoms with E-state index in [2.05, 4.69) is 10.2 Å². The second kappa shape index (κ2) is 5.19. The van der Waals surface area contributed by atoms with Crippen LogP contribution in [0.4, 0.5) is 5.69 Å². The number of hydrogen-bond acceptors (Lipinski definition) is 3. The molecule has 17 heavy (non-hydrogen) atoms. The van der Waals surface area contributed by atoms with Gasteiger partial charge in [0.15, 0.2) is 0 Å². The van der Waals surface area contributed by atoms with Gasteiger partial charge in [-0.1, -0.05) is 18.2 Å². The van der Waals surface area contributed by atoms with Gasteiger partial charge in [-0.3, -0.25) is 4.79 Å². The molecule has 1 aliphatic rings. The maximum absolute atomic E-state index is 11.3. The molecule has 1 fully saturated rings. The maximum Gasteiger partial charge on any atom is 0.221 e. The van der Waals surface area contributed by atoms with Crippen LogP contribution in [0.5, 0.6) is 0 Å². The van der Waals surface area contributed by atoms with Crippen molar-refractivity contribution in [1.82, 2.24) is 5.32 Å². The van der Waals surface area contributed by atoms with Gasteiger partial charge in [-0.05, 0) is 13.0 Å². The van der Waals surface area contributed by atoms with Crippen molar-refractivity contribution in [2.24, 2.45) is 0 Å². The third kappa shape index (κ3) is 2.77. The first-order valence-electron chi connectivity index (χ1n) is 5.97. The predicted molar refractivity (Wildman–Crippen MR) is 66.9 cm³/mol. The number of carbonyl (C=O) groups is 1. The van der Waals surface area contributed by atoms with E-state index in [0.29, 0.717) is 19.5 Å². The Kier molecular flexibility index (Phi) is 3.64. The Morgan fingerprint density at radius 2 is 2.12 bits per heavy atom. The minimum Gasteiger partial charge on any atom is -0.389 e. The monoisotopic (exact) mass is 234 g/mol. The van der Waals surface area contributed by atoms with Crippen molar-refractivity contribution in [3.8, 4) is 0 Å². The number of aliphatic hydroxyl groups is 1. The molecule has 1 aromatic rings. The summed E-state index contributed by atoms with van der Waals surface area (Å²) in [5, 5.41) is 12.6. The Morgan fingerprint density at radius 3 is 2.88 bits per heavy atom. The van der Waals surface area contributed by atoms with Gasteiger partial charge in [0, 0.05) is 37.3 Å². The highest BCUT2D eigenvalue weighted by atomic mass is 16.3. The van der Waals surface area contributed by atoms with E-state index in [4.69, 9.17) is 0 Å². The van der Waals surface area contributed by atoms with E-state index in [9.17, 15) is 9.90 Å². The van der Waals surface area contributed by atoms with Crippen LogP contribution < -0.4 is 10.2 Å². The van der Waals surface area contributed by atoms with E-state index < -0.39 is 6.10 Å². The summed E-state index contributed by atoms with van der Waals surface area (Å²) in [5.41, 5.74) is 1.95. The van der Waals surface area contributed by atoms with Crippen molar-refractivity contribution >= 4 is 11.6 Å². The second-order valence-corrected chi connectivity index (χ2v) is 4.32. The maximum atomic E-state index is 11.3. The summed E-state index contributed by atoms with van der Waals surface area (Å²) in [6, 6.07) is 7.81. The van der Waals surface area contributed by atoms with E-state index in [-0.39, 0.29) is 5.91 Å². The van der Waals surface area contributed by atoms with Gasteiger partial charge in [-0.25, -0.2) is 0 Å². The summed E-state index contributed by atoms with van der Waals surface area (Å²) < 4.78 is 0. The number of nitrogens with zero attached hydrogens (tertiary/aromatic N) is 1. The average Bonchev–Trinajstić information content (AvgIpc) is 2.54. The van der Waals surface area contributed by atoms with Crippen LogP contribution in [0.3, 0.4) is 0 Å². The summed E-state index contributed by atoms with van der Waals surface area (Å²) in [6.07, 6.45) is 0.0202. The fraction of sp³-hybridized carbons (Fsp3) is 0.462. The molecular weight excluding hydrogens is 216 g/mol. The van der Waals surface area contributed by atoms with E-state index in [1.807, 2.05) is 24.3 Å². The first kappa shape index (κ1) is 11.9. The molecule has 1 saturated heterocycles. The smallest absolute Gasteiger partial charge is 0.221 e. The molecule has 4 nitrogen and oxygen atoms in total. The number of carbonyl (C=O) groups excluding carboxylic acids is 1. The van der Waals surface area contributed by atoms with Crippen LogP contribution in [-0.4, -0.2) is 30.6 Å². The van der Waals surface area contributed by atoms with Crippen molar-refractivity contribution in [2.75, 3.05) is 24.5 Å². The molecule has 0 saturated carbocycles. The van der Waals surface area contributed by atoms with Crippen molar-refractivity contribution < 1.29 is 9.90 Å². The number of anilines is 1. The first-order chi connectivity index (χ1) is 8.18. The van der Waals surface area contributed by atoms with Crippen LogP contribution in [0.1, 0.15) is 25.0 Å². The molecule has 0 spiro atoms. The van der Waals surface area contributed by atoms with Gasteiger partial charge in [0.05, 0.1) is 6.10 Å². The number of nitrogens with one attached hydrogen (secondary N) is 1. The molecule has 1 heterocycles. The van der Waals surface area contributed by atoms with E-state index >= 15 is 0 Å². The molecule has 0 aliphatic carbocycles. The molecule has 0 radical (unpaired) electrons. The van der Waals surface area contributed by atoms with Crippen LogP contribution in [0.15, 0.2) is 24.3 Å². The third-order valence-corrected chi connectivity index (χ3v) is 3.04. The van der Waals surface area contributed by atoms with Gasteiger partial charge in [-0.15, -0.1) is 0 Å². The molecule has 4 heteroatoms. The van der Waals surface area contributed by atoms with Crippen LogP contribution >= 0.6 is 0 Å². The predicted octanol–water partition coefficient (Wildman–Crippen LogP) is 1.07. The normalized spacial score (nSPS) is 18.5. The van der Waals surface area contributed by atoms with Crippen molar-refractivity contribution in [3.05, 3.63) is 29.8 Å². The summed E-state index contributed by atoms with van der Waals surface area (Å²) >= 11 is 0. The zero-order chi connectivity index (χ0) is 12.3. The molecule has 1 amide bonds. The van der Waals surface area contributed by atoms with E-state index in [1.165, 1.54) is 0 Å². The molecule has 0 unspecified atom stereocenters. The topological polar surface area (TPSA) is 52.6 Å². The molecular formula is C13H18N2O2. The molecule has 0 bridgehead atoms. The zero-order valence-corrected chi connectivity index (χ0v) is 10.0. The number of aliphatic hydroxyl groups excluding tert-OH is 1. The minimum atomic E-state index is -0.488. The first-order valence-corrected chi connectivity index (χ1v) is 5.97. The van der Waals surface area contributed by atoms with Gasteiger partial charge < -0.3 is 15.3 Å². The van der Waals surface area contributed by atoms with Gasteiger partial charge in [-0.2, -0.15) is 0 Å². The summed E-state index contributed by atoms with van der Waals surface area (Å²) in [4.78, 5) is 13.4. The standard InChI is InChI=1S/C13H18N2O2/c1-10(16)11-4-2-3-5-12(11)15-8-6-13(17)14-7-9-15/h2-5,10,16H,6-9H2,1H3,(H,14,17)/t10-/m1/s1. The number of rotatable bonds is 2. The lowest BCUT2D eigenvalue weighted by molar-refractivity contribution is -0.120. The number of amides is 1. The Morgan fingerprint density at radius 1 is 1.35 bits per heavy atom. The highest BCUT2D eigenvalue weighted by molar-refractivity contribution is 5.77. The number of para-hydroxylation sites is 1. The fourth-order valence-corrected chi connectivity index (χ4v) is 2.14.